The molecule has 22 heavy (non-hydrogen) atoms. The largest absolute Gasteiger partial charge is 0.393 e. The lowest BCUT2D eigenvalue weighted by Gasteiger charge is -2.13. The van der Waals surface area contributed by atoms with E-state index in [0.29, 0.717) is 29.8 Å². The highest BCUT2D eigenvalue weighted by atomic mass is 35.5. The van der Waals surface area contributed by atoms with Crippen LogP contribution in [0.25, 0.3) is 0 Å². The van der Waals surface area contributed by atoms with Gasteiger partial charge < -0.3 is 16.4 Å². The molecule has 0 aliphatic rings. The number of hydrogen-bond acceptors (Lipinski definition) is 5. The van der Waals surface area contributed by atoms with Crippen LogP contribution < -0.4 is 16.4 Å². The normalized spacial score (nSPS) is 10.7. The van der Waals surface area contributed by atoms with Crippen molar-refractivity contribution in [1.82, 2.24) is 9.97 Å². The van der Waals surface area contributed by atoms with E-state index >= 15 is 0 Å². The molecule has 0 aliphatic heterocycles. The van der Waals surface area contributed by atoms with Gasteiger partial charge in [-0.3, -0.25) is 0 Å². The molecule has 1 aromatic carbocycles. The van der Waals surface area contributed by atoms with Gasteiger partial charge in [-0.15, -0.1) is 0 Å². The number of rotatable bonds is 7. The predicted octanol–water partition coefficient (Wildman–Crippen LogP) is 3.78. The molecule has 5 nitrogen and oxygen atoms in total. The summed E-state index contributed by atoms with van der Waals surface area (Å²) in [5.41, 5.74) is 7.77. The number of nitrogen functional groups attached to an aromatic ring is 1. The average molecular weight is 320 g/mol. The lowest BCUT2D eigenvalue weighted by molar-refractivity contribution is 0.606. The molecule has 2 rings (SSSR count). The topological polar surface area (TPSA) is 75.9 Å². The van der Waals surface area contributed by atoms with Crippen molar-refractivity contribution in [3.63, 3.8) is 0 Å². The van der Waals surface area contributed by atoms with Crippen molar-refractivity contribution in [2.45, 2.75) is 26.8 Å². The fourth-order valence-electron chi connectivity index (χ4n) is 1.94. The van der Waals surface area contributed by atoms with Crippen LogP contribution in [0.4, 0.5) is 17.3 Å². The van der Waals surface area contributed by atoms with Gasteiger partial charge in [0, 0.05) is 18.1 Å². The Morgan fingerprint density at radius 2 is 1.73 bits per heavy atom. The minimum Gasteiger partial charge on any atom is -0.393 e. The van der Waals surface area contributed by atoms with Gasteiger partial charge >= 0.3 is 0 Å². The molecule has 1 heterocycles. The smallest absolute Gasteiger partial charge is 0.155 e. The van der Waals surface area contributed by atoms with Gasteiger partial charge in [-0.2, -0.15) is 0 Å². The molecule has 4 N–H and O–H groups in total. The summed E-state index contributed by atoms with van der Waals surface area (Å²) in [6, 6.07) is 7.66. The summed E-state index contributed by atoms with van der Waals surface area (Å²) >= 11 is 5.88. The molecular weight excluding hydrogens is 298 g/mol. The van der Waals surface area contributed by atoms with Crippen LogP contribution in [-0.2, 0) is 6.54 Å². The molecule has 0 saturated carbocycles. The Kier molecular flexibility index (Phi) is 5.83. The van der Waals surface area contributed by atoms with Gasteiger partial charge in [-0.05, 0) is 30.0 Å². The highest BCUT2D eigenvalue weighted by molar-refractivity contribution is 6.30. The lowest BCUT2D eigenvalue weighted by atomic mass is 10.1. The number of nitrogens with zero attached hydrogens (tertiary/aromatic N) is 2. The summed E-state index contributed by atoms with van der Waals surface area (Å²) in [5, 5.41) is 7.21. The van der Waals surface area contributed by atoms with Gasteiger partial charge in [0.1, 0.15) is 12.0 Å². The lowest BCUT2D eigenvalue weighted by Crippen LogP contribution is -2.11. The molecular formula is C16H22ClN5. The van der Waals surface area contributed by atoms with Crippen molar-refractivity contribution in [2.75, 3.05) is 22.9 Å². The Morgan fingerprint density at radius 3 is 2.36 bits per heavy atom. The van der Waals surface area contributed by atoms with Crippen LogP contribution in [-0.4, -0.2) is 16.5 Å². The number of hydrogen-bond donors (Lipinski definition) is 3. The van der Waals surface area contributed by atoms with Crippen molar-refractivity contribution in [2.24, 2.45) is 5.92 Å². The van der Waals surface area contributed by atoms with Crippen molar-refractivity contribution in [1.29, 1.82) is 0 Å². The van der Waals surface area contributed by atoms with E-state index in [1.54, 1.807) is 0 Å². The van der Waals surface area contributed by atoms with Crippen LogP contribution in [0.3, 0.4) is 0 Å². The average Bonchev–Trinajstić information content (AvgIpc) is 2.49. The molecule has 6 heteroatoms. The Bertz CT molecular complexity index is 598. The molecule has 2 aromatic rings. The standard InChI is InChI=1S/C16H22ClN5/c1-11(2)7-8-19-15-14(18)16(22-10-21-15)20-9-12-3-5-13(17)6-4-12/h3-6,10-11H,7-9,18H2,1-2H3,(H2,19,20,21,22). The van der Waals surface area contributed by atoms with E-state index in [9.17, 15) is 0 Å². The zero-order valence-corrected chi connectivity index (χ0v) is 13.7. The zero-order chi connectivity index (χ0) is 15.9. The third-order valence-electron chi connectivity index (χ3n) is 3.27. The van der Waals surface area contributed by atoms with Gasteiger partial charge in [0.05, 0.1) is 0 Å². The summed E-state index contributed by atoms with van der Waals surface area (Å²) in [6.45, 7) is 5.84. The molecule has 0 unspecified atom stereocenters. The second-order valence-electron chi connectivity index (χ2n) is 5.57. The van der Waals surface area contributed by atoms with Crippen LogP contribution in [0, 0.1) is 5.92 Å². The van der Waals surface area contributed by atoms with Crippen LogP contribution in [0.2, 0.25) is 5.02 Å². The summed E-state index contributed by atoms with van der Waals surface area (Å²) in [5.74, 6) is 1.95. The second-order valence-corrected chi connectivity index (χ2v) is 6.01. The molecule has 1 aromatic heterocycles. The first-order valence-corrected chi connectivity index (χ1v) is 7.76. The van der Waals surface area contributed by atoms with E-state index < -0.39 is 0 Å². The monoisotopic (exact) mass is 319 g/mol. The highest BCUT2D eigenvalue weighted by Crippen LogP contribution is 2.23. The number of anilines is 3. The molecule has 0 spiro atoms. The van der Waals surface area contributed by atoms with Crippen molar-refractivity contribution < 1.29 is 0 Å². The maximum atomic E-state index is 6.12. The summed E-state index contributed by atoms with van der Waals surface area (Å²) in [4.78, 5) is 8.40. The van der Waals surface area contributed by atoms with E-state index in [-0.39, 0.29) is 0 Å². The zero-order valence-electron chi connectivity index (χ0n) is 12.9. The molecule has 0 radical (unpaired) electrons. The fourth-order valence-corrected chi connectivity index (χ4v) is 2.07. The first kappa shape index (κ1) is 16.4. The molecule has 0 bridgehead atoms. The summed E-state index contributed by atoms with van der Waals surface area (Å²) < 4.78 is 0. The van der Waals surface area contributed by atoms with E-state index in [2.05, 4.69) is 34.4 Å². The Morgan fingerprint density at radius 1 is 1.09 bits per heavy atom. The number of aromatic nitrogens is 2. The summed E-state index contributed by atoms with van der Waals surface area (Å²) in [6.07, 6.45) is 2.58. The minimum absolute atomic E-state index is 0.542. The molecule has 0 amide bonds. The minimum atomic E-state index is 0.542. The van der Waals surface area contributed by atoms with Crippen LogP contribution in [0.1, 0.15) is 25.8 Å². The van der Waals surface area contributed by atoms with Gasteiger partial charge in [0.15, 0.2) is 11.6 Å². The number of nitrogens with two attached hydrogens (primary N) is 1. The number of benzene rings is 1. The molecule has 0 fully saturated rings. The Hall–Kier alpha value is -2.01. The maximum absolute atomic E-state index is 6.12. The summed E-state index contributed by atoms with van der Waals surface area (Å²) in [7, 11) is 0. The van der Waals surface area contributed by atoms with Crippen molar-refractivity contribution in [3.8, 4) is 0 Å². The number of halogens is 1. The van der Waals surface area contributed by atoms with E-state index in [1.165, 1.54) is 6.33 Å². The van der Waals surface area contributed by atoms with Crippen molar-refractivity contribution in [3.05, 3.63) is 41.2 Å². The highest BCUT2D eigenvalue weighted by Gasteiger charge is 2.07. The maximum Gasteiger partial charge on any atom is 0.155 e. The van der Waals surface area contributed by atoms with Crippen molar-refractivity contribution >= 4 is 28.9 Å². The predicted molar refractivity (Wildman–Crippen MR) is 93.2 cm³/mol. The van der Waals surface area contributed by atoms with Crippen LogP contribution in [0.5, 0.6) is 0 Å². The third-order valence-corrected chi connectivity index (χ3v) is 3.52. The fraction of sp³-hybridized carbons (Fsp3) is 0.375. The Labute approximate surface area is 136 Å². The van der Waals surface area contributed by atoms with Crippen LogP contribution in [0.15, 0.2) is 30.6 Å². The quantitative estimate of drug-likeness (QED) is 0.724. The van der Waals surface area contributed by atoms with Gasteiger partial charge in [-0.25, -0.2) is 9.97 Å². The molecule has 0 atom stereocenters. The first-order valence-electron chi connectivity index (χ1n) is 7.39. The second kappa shape index (κ2) is 7.84. The van der Waals surface area contributed by atoms with Crippen LogP contribution >= 0.6 is 11.6 Å². The molecule has 0 saturated heterocycles. The molecule has 118 valence electrons. The molecule has 0 aliphatic carbocycles. The van der Waals surface area contributed by atoms with E-state index in [4.69, 9.17) is 17.3 Å². The van der Waals surface area contributed by atoms with Gasteiger partial charge in [-0.1, -0.05) is 37.6 Å². The Balaban J connectivity index is 1.97. The first-order chi connectivity index (χ1) is 10.6. The van der Waals surface area contributed by atoms with Gasteiger partial charge in [0.2, 0.25) is 0 Å². The van der Waals surface area contributed by atoms with E-state index in [1.807, 2.05) is 24.3 Å². The number of nitrogens with one attached hydrogen (secondary N) is 2. The van der Waals surface area contributed by atoms with E-state index in [0.717, 1.165) is 23.6 Å². The third kappa shape index (κ3) is 4.77. The SMILES string of the molecule is CC(C)CCNc1ncnc(NCc2ccc(Cl)cc2)c1N. The van der Waals surface area contributed by atoms with Gasteiger partial charge in [0.25, 0.3) is 0 Å².